The summed E-state index contributed by atoms with van der Waals surface area (Å²) in [5.74, 6) is -1.60. The lowest BCUT2D eigenvalue weighted by Gasteiger charge is -2.34. The molecule has 1 saturated heterocycles. The van der Waals surface area contributed by atoms with E-state index in [0.29, 0.717) is 13.1 Å². The van der Waals surface area contributed by atoms with E-state index in [2.05, 4.69) is 0 Å². The van der Waals surface area contributed by atoms with E-state index in [1.165, 1.54) is 4.31 Å². The lowest BCUT2D eigenvalue weighted by Crippen LogP contribution is -2.52. The zero-order valence-electron chi connectivity index (χ0n) is 11.2. The molecule has 1 N–H and O–H groups in total. The van der Waals surface area contributed by atoms with Crippen molar-refractivity contribution < 1.29 is 23.1 Å². The van der Waals surface area contributed by atoms with Gasteiger partial charge in [0.25, 0.3) is 0 Å². The Labute approximate surface area is 113 Å². The molecule has 1 heterocycles. The molecular formula is C11H20N2O5S. The second-order valence-electron chi connectivity index (χ2n) is 4.84. The highest BCUT2D eigenvalue weighted by atomic mass is 32.2. The fourth-order valence-electron chi connectivity index (χ4n) is 1.90. The van der Waals surface area contributed by atoms with Gasteiger partial charge in [0.1, 0.15) is 0 Å². The Morgan fingerprint density at radius 1 is 1.16 bits per heavy atom. The van der Waals surface area contributed by atoms with E-state index < -0.39 is 22.4 Å². The SMILES string of the molecule is CC(C)C(=O)N1CCN(S(=O)(=O)CCC(=O)O)CC1. The summed E-state index contributed by atoms with van der Waals surface area (Å²) >= 11 is 0. The van der Waals surface area contributed by atoms with Gasteiger partial charge in [-0.3, -0.25) is 9.59 Å². The van der Waals surface area contributed by atoms with Crippen molar-refractivity contribution in [2.45, 2.75) is 20.3 Å². The van der Waals surface area contributed by atoms with Crippen LogP contribution in [-0.4, -0.2) is 66.5 Å². The number of amides is 1. The van der Waals surface area contributed by atoms with Gasteiger partial charge in [0, 0.05) is 32.1 Å². The maximum atomic E-state index is 11.9. The molecule has 0 bridgehead atoms. The first-order valence-corrected chi connectivity index (χ1v) is 7.83. The Balaban J connectivity index is 2.53. The number of piperazine rings is 1. The Morgan fingerprint density at radius 2 is 1.68 bits per heavy atom. The van der Waals surface area contributed by atoms with Crippen molar-refractivity contribution in [2.75, 3.05) is 31.9 Å². The normalized spacial score (nSPS) is 17.7. The largest absolute Gasteiger partial charge is 0.481 e. The molecule has 0 aliphatic carbocycles. The van der Waals surface area contributed by atoms with E-state index in [-0.39, 0.29) is 30.7 Å². The van der Waals surface area contributed by atoms with Crippen molar-refractivity contribution >= 4 is 21.9 Å². The molecule has 0 atom stereocenters. The molecule has 19 heavy (non-hydrogen) atoms. The fourth-order valence-corrected chi connectivity index (χ4v) is 3.31. The molecule has 1 rings (SSSR count). The topological polar surface area (TPSA) is 95.0 Å². The summed E-state index contributed by atoms with van der Waals surface area (Å²) in [6.07, 6.45) is -0.395. The summed E-state index contributed by atoms with van der Waals surface area (Å²) in [5.41, 5.74) is 0. The first-order valence-electron chi connectivity index (χ1n) is 6.22. The molecular weight excluding hydrogens is 272 g/mol. The van der Waals surface area contributed by atoms with Crippen LogP contribution < -0.4 is 0 Å². The lowest BCUT2D eigenvalue weighted by atomic mass is 10.2. The van der Waals surface area contributed by atoms with E-state index in [0.717, 1.165) is 0 Å². The quantitative estimate of drug-likeness (QED) is 0.743. The van der Waals surface area contributed by atoms with Crippen LogP contribution >= 0.6 is 0 Å². The van der Waals surface area contributed by atoms with Gasteiger partial charge in [-0.15, -0.1) is 0 Å². The average Bonchev–Trinajstić information content (AvgIpc) is 2.35. The zero-order chi connectivity index (χ0) is 14.6. The highest BCUT2D eigenvalue weighted by Crippen LogP contribution is 2.11. The van der Waals surface area contributed by atoms with Crippen LogP contribution in [0.15, 0.2) is 0 Å². The highest BCUT2D eigenvalue weighted by Gasteiger charge is 2.29. The number of sulfonamides is 1. The number of carbonyl (C=O) groups is 2. The van der Waals surface area contributed by atoms with Crippen LogP contribution in [0.4, 0.5) is 0 Å². The zero-order valence-corrected chi connectivity index (χ0v) is 12.0. The second kappa shape index (κ2) is 6.33. The maximum Gasteiger partial charge on any atom is 0.304 e. The summed E-state index contributed by atoms with van der Waals surface area (Å²) < 4.78 is 25.0. The van der Waals surface area contributed by atoms with Crippen LogP contribution in [0.2, 0.25) is 0 Å². The maximum absolute atomic E-state index is 11.9. The first-order chi connectivity index (χ1) is 8.74. The second-order valence-corrected chi connectivity index (χ2v) is 6.93. The molecule has 1 aliphatic heterocycles. The van der Waals surface area contributed by atoms with Gasteiger partial charge in [0.05, 0.1) is 12.2 Å². The fraction of sp³-hybridized carbons (Fsp3) is 0.818. The minimum Gasteiger partial charge on any atom is -0.481 e. The van der Waals surface area contributed by atoms with Crippen molar-refractivity contribution in [1.82, 2.24) is 9.21 Å². The molecule has 0 aromatic carbocycles. The van der Waals surface area contributed by atoms with Gasteiger partial charge in [0.15, 0.2) is 0 Å². The number of carbonyl (C=O) groups excluding carboxylic acids is 1. The van der Waals surface area contributed by atoms with E-state index in [1.807, 2.05) is 0 Å². The summed E-state index contributed by atoms with van der Waals surface area (Å²) in [6.45, 7) is 4.81. The number of carboxylic acids is 1. The van der Waals surface area contributed by atoms with Crippen LogP contribution in [-0.2, 0) is 19.6 Å². The Bertz CT molecular complexity index is 438. The predicted molar refractivity (Wildman–Crippen MR) is 69.0 cm³/mol. The van der Waals surface area contributed by atoms with Crippen molar-refractivity contribution in [1.29, 1.82) is 0 Å². The molecule has 0 spiro atoms. The first kappa shape index (κ1) is 15.9. The third kappa shape index (κ3) is 4.46. The number of hydrogen-bond donors (Lipinski definition) is 1. The van der Waals surface area contributed by atoms with E-state index in [1.54, 1.807) is 18.7 Å². The molecule has 1 amide bonds. The Hall–Kier alpha value is -1.15. The van der Waals surface area contributed by atoms with E-state index >= 15 is 0 Å². The standard InChI is InChI=1S/C11H20N2O5S/c1-9(2)11(16)12-4-6-13(7-5-12)19(17,18)8-3-10(14)15/h9H,3-8H2,1-2H3,(H,14,15). The monoisotopic (exact) mass is 292 g/mol. The Kier molecular flexibility index (Phi) is 5.30. The number of carboxylic acid groups (broad SMARTS) is 1. The van der Waals surface area contributed by atoms with Crippen molar-refractivity contribution in [3.8, 4) is 0 Å². The highest BCUT2D eigenvalue weighted by molar-refractivity contribution is 7.89. The summed E-state index contributed by atoms with van der Waals surface area (Å²) in [5, 5.41) is 8.52. The molecule has 8 heteroatoms. The van der Waals surface area contributed by atoms with E-state index in [4.69, 9.17) is 5.11 Å². The summed E-state index contributed by atoms with van der Waals surface area (Å²) in [7, 11) is -3.53. The van der Waals surface area contributed by atoms with E-state index in [9.17, 15) is 18.0 Å². The van der Waals surface area contributed by atoms with Gasteiger partial charge in [-0.05, 0) is 0 Å². The van der Waals surface area contributed by atoms with Gasteiger partial charge in [-0.2, -0.15) is 4.31 Å². The summed E-state index contributed by atoms with van der Waals surface area (Å²) in [4.78, 5) is 23.8. The summed E-state index contributed by atoms with van der Waals surface area (Å²) in [6, 6.07) is 0. The number of rotatable bonds is 5. The smallest absolute Gasteiger partial charge is 0.304 e. The molecule has 1 aliphatic rings. The molecule has 7 nitrogen and oxygen atoms in total. The molecule has 1 fully saturated rings. The van der Waals surface area contributed by atoms with Crippen molar-refractivity contribution in [3.63, 3.8) is 0 Å². The average molecular weight is 292 g/mol. The molecule has 110 valence electrons. The third-order valence-corrected chi connectivity index (χ3v) is 4.88. The molecule has 0 aromatic rings. The third-order valence-electron chi connectivity index (χ3n) is 3.01. The van der Waals surface area contributed by atoms with Gasteiger partial charge in [-0.1, -0.05) is 13.8 Å². The number of aliphatic carboxylic acids is 1. The van der Waals surface area contributed by atoms with Gasteiger partial charge in [-0.25, -0.2) is 8.42 Å². The minimum atomic E-state index is -3.53. The van der Waals surface area contributed by atoms with Gasteiger partial charge < -0.3 is 10.0 Å². The van der Waals surface area contributed by atoms with Crippen molar-refractivity contribution in [2.24, 2.45) is 5.92 Å². The van der Waals surface area contributed by atoms with Crippen LogP contribution in [0.25, 0.3) is 0 Å². The van der Waals surface area contributed by atoms with Crippen molar-refractivity contribution in [3.05, 3.63) is 0 Å². The predicted octanol–water partition coefficient (Wildman–Crippen LogP) is -0.409. The molecule has 0 saturated carbocycles. The minimum absolute atomic E-state index is 0.0163. The van der Waals surface area contributed by atoms with Crippen LogP contribution in [0.5, 0.6) is 0 Å². The van der Waals surface area contributed by atoms with Crippen LogP contribution in [0.1, 0.15) is 20.3 Å². The Morgan fingerprint density at radius 3 is 2.11 bits per heavy atom. The van der Waals surface area contributed by atoms with Gasteiger partial charge >= 0.3 is 5.97 Å². The van der Waals surface area contributed by atoms with Crippen LogP contribution in [0.3, 0.4) is 0 Å². The lowest BCUT2D eigenvalue weighted by molar-refractivity contribution is -0.136. The van der Waals surface area contributed by atoms with Crippen LogP contribution in [0, 0.1) is 5.92 Å². The number of hydrogen-bond acceptors (Lipinski definition) is 4. The molecule has 0 unspecified atom stereocenters. The van der Waals surface area contributed by atoms with Gasteiger partial charge in [0.2, 0.25) is 15.9 Å². The number of nitrogens with zero attached hydrogens (tertiary/aromatic N) is 2. The molecule has 0 aromatic heterocycles. The molecule has 0 radical (unpaired) electrons.